The van der Waals surface area contributed by atoms with Gasteiger partial charge in [-0.25, -0.2) is 0 Å². The molecule has 24 heavy (non-hydrogen) atoms. The van der Waals surface area contributed by atoms with Gasteiger partial charge in [-0.2, -0.15) is 4.98 Å². The second-order valence-corrected chi connectivity index (χ2v) is 8.34. The van der Waals surface area contributed by atoms with Crippen LogP contribution >= 0.6 is 0 Å². The van der Waals surface area contributed by atoms with Crippen LogP contribution in [0.1, 0.15) is 49.2 Å². The molecule has 4 rings (SSSR count). The van der Waals surface area contributed by atoms with Crippen LogP contribution in [0.5, 0.6) is 0 Å². The Balaban J connectivity index is 1.32. The first kappa shape index (κ1) is 16.0. The molecule has 6 heteroatoms. The molecule has 2 aliphatic rings. The van der Waals surface area contributed by atoms with Crippen molar-refractivity contribution in [1.29, 1.82) is 0 Å². The Labute approximate surface area is 144 Å². The van der Waals surface area contributed by atoms with Gasteiger partial charge in [0.15, 0.2) is 5.82 Å². The van der Waals surface area contributed by atoms with Gasteiger partial charge in [-0.15, -0.1) is 0 Å². The predicted molar refractivity (Wildman–Crippen MR) is 92.4 cm³/mol. The zero-order valence-electron chi connectivity index (χ0n) is 13.8. The van der Waals surface area contributed by atoms with Gasteiger partial charge in [0.1, 0.15) is 0 Å². The fraction of sp³-hybridized carbons (Fsp3) is 0.556. The zero-order valence-corrected chi connectivity index (χ0v) is 14.6. The van der Waals surface area contributed by atoms with Gasteiger partial charge >= 0.3 is 0 Å². The molecule has 1 aliphatic carbocycles. The molecule has 0 amide bonds. The highest BCUT2D eigenvalue weighted by atomic mass is 32.2. The molecule has 1 saturated heterocycles. The highest BCUT2D eigenvalue weighted by Crippen LogP contribution is 2.39. The molecule has 5 nitrogen and oxygen atoms in total. The van der Waals surface area contributed by atoms with E-state index >= 15 is 0 Å². The number of likely N-dealkylation sites (tertiary alicyclic amines) is 1. The summed E-state index contributed by atoms with van der Waals surface area (Å²) < 4.78 is 17.8. The first-order chi connectivity index (χ1) is 11.8. The summed E-state index contributed by atoms with van der Waals surface area (Å²) in [4.78, 5) is 7.91. The zero-order chi connectivity index (χ0) is 16.4. The molecule has 2 fully saturated rings. The largest absolute Gasteiger partial charge is 0.339 e. The monoisotopic (exact) mass is 345 g/mol. The van der Waals surface area contributed by atoms with Crippen molar-refractivity contribution >= 4 is 10.8 Å². The number of piperidine rings is 1. The SMILES string of the molecule is O=[S@@](CCN1CCC[C@H](c2noc(C3CC3)n2)C1)c1ccccc1. The fourth-order valence-corrected chi connectivity index (χ4v) is 4.40. The predicted octanol–water partition coefficient (Wildman–Crippen LogP) is 2.93. The Morgan fingerprint density at radius 2 is 2.00 bits per heavy atom. The molecule has 2 aromatic rings. The minimum atomic E-state index is -0.926. The number of nitrogens with zero attached hydrogens (tertiary/aromatic N) is 3. The van der Waals surface area contributed by atoms with Crippen LogP contribution in [-0.2, 0) is 10.8 Å². The van der Waals surface area contributed by atoms with Crippen LogP contribution < -0.4 is 0 Å². The van der Waals surface area contributed by atoms with E-state index in [9.17, 15) is 4.21 Å². The third kappa shape index (κ3) is 3.75. The van der Waals surface area contributed by atoms with Crippen LogP contribution in [0.2, 0.25) is 0 Å². The summed E-state index contributed by atoms with van der Waals surface area (Å²) in [5.41, 5.74) is 0. The lowest BCUT2D eigenvalue weighted by molar-refractivity contribution is 0.212. The lowest BCUT2D eigenvalue weighted by Crippen LogP contribution is -2.37. The maximum Gasteiger partial charge on any atom is 0.229 e. The quantitative estimate of drug-likeness (QED) is 0.806. The third-order valence-electron chi connectivity index (χ3n) is 4.85. The molecule has 0 spiro atoms. The van der Waals surface area contributed by atoms with Crippen LogP contribution in [-0.4, -0.2) is 44.6 Å². The van der Waals surface area contributed by atoms with Crippen molar-refractivity contribution < 1.29 is 8.73 Å². The lowest BCUT2D eigenvalue weighted by Gasteiger charge is -2.30. The van der Waals surface area contributed by atoms with E-state index < -0.39 is 10.8 Å². The standard InChI is InChI=1S/C18H23N3O2S/c22-24(16-6-2-1-3-7-16)12-11-21-10-4-5-15(13-21)17-19-18(23-20-17)14-8-9-14/h1-3,6-7,14-15H,4-5,8-13H2/t15-,24-/m0/s1. The van der Waals surface area contributed by atoms with Gasteiger partial charge < -0.3 is 9.42 Å². The van der Waals surface area contributed by atoms with E-state index in [0.29, 0.717) is 17.6 Å². The summed E-state index contributed by atoms with van der Waals surface area (Å²) in [6.45, 7) is 2.86. The number of aromatic nitrogens is 2. The average Bonchev–Trinajstić information content (AvgIpc) is 3.37. The number of hydrogen-bond donors (Lipinski definition) is 0. The van der Waals surface area contributed by atoms with E-state index in [1.165, 1.54) is 12.8 Å². The minimum Gasteiger partial charge on any atom is -0.339 e. The van der Waals surface area contributed by atoms with Crippen LogP contribution in [0.4, 0.5) is 0 Å². The molecular formula is C18H23N3O2S. The molecule has 0 radical (unpaired) electrons. The fourth-order valence-electron chi connectivity index (χ4n) is 3.28. The molecule has 1 aromatic carbocycles. The number of benzene rings is 1. The van der Waals surface area contributed by atoms with E-state index in [4.69, 9.17) is 4.52 Å². The van der Waals surface area contributed by atoms with E-state index in [1.807, 2.05) is 30.3 Å². The van der Waals surface area contributed by atoms with E-state index in [-0.39, 0.29) is 0 Å². The van der Waals surface area contributed by atoms with Crippen molar-refractivity contribution in [2.75, 3.05) is 25.4 Å². The summed E-state index contributed by atoms with van der Waals surface area (Å²) in [6.07, 6.45) is 4.62. The molecule has 2 atom stereocenters. The Kier molecular flexibility index (Phi) is 4.76. The summed E-state index contributed by atoms with van der Waals surface area (Å²) in [6, 6.07) is 9.72. The molecular weight excluding hydrogens is 322 g/mol. The highest BCUT2D eigenvalue weighted by molar-refractivity contribution is 7.85. The summed E-state index contributed by atoms with van der Waals surface area (Å²) in [5, 5.41) is 4.21. The number of hydrogen-bond acceptors (Lipinski definition) is 5. The normalized spacial score (nSPS) is 23.2. The number of rotatable bonds is 6. The maximum absolute atomic E-state index is 12.4. The molecule has 1 aromatic heterocycles. The van der Waals surface area contributed by atoms with Crippen molar-refractivity contribution in [3.63, 3.8) is 0 Å². The van der Waals surface area contributed by atoms with Crippen molar-refractivity contribution in [3.05, 3.63) is 42.0 Å². The van der Waals surface area contributed by atoms with Crippen molar-refractivity contribution in [3.8, 4) is 0 Å². The average molecular weight is 345 g/mol. The molecule has 0 N–H and O–H groups in total. The second kappa shape index (κ2) is 7.15. The molecule has 1 aliphatic heterocycles. The Morgan fingerprint density at radius 1 is 1.17 bits per heavy atom. The van der Waals surface area contributed by atoms with E-state index in [2.05, 4.69) is 15.0 Å². The minimum absolute atomic E-state index is 0.347. The van der Waals surface area contributed by atoms with Gasteiger partial charge in [0.05, 0.1) is 10.8 Å². The van der Waals surface area contributed by atoms with Crippen LogP contribution in [0.15, 0.2) is 39.8 Å². The van der Waals surface area contributed by atoms with Crippen molar-refractivity contribution in [2.24, 2.45) is 0 Å². The van der Waals surface area contributed by atoms with Gasteiger partial charge in [-0.1, -0.05) is 23.4 Å². The van der Waals surface area contributed by atoms with Crippen LogP contribution in [0, 0.1) is 0 Å². The first-order valence-electron chi connectivity index (χ1n) is 8.79. The molecule has 0 bridgehead atoms. The van der Waals surface area contributed by atoms with Crippen molar-refractivity contribution in [1.82, 2.24) is 15.0 Å². The van der Waals surface area contributed by atoms with Crippen LogP contribution in [0.3, 0.4) is 0 Å². The molecule has 2 heterocycles. The van der Waals surface area contributed by atoms with E-state index in [0.717, 1.165) is 49.1 Å². The molecule has 128 valence electrons. The van der Waals surface area contributed by atoms with Crippen molar-refractivity contribution in [2.45, 2.75) is 42.4 Å². The molecule has 1 saturated carbocycles. The third-order valence-corrected chi connectivity index (χ3v) is 6.21. The van der Waals surface area contributed by atoms with Gasteiger partial charge in [0.2, 0.25) is 5.89 Å². The van der Waals surface area contributed by atoms with Gasteiger partial charge in [-0.3, -0.25) is 4.21 Å². The summed E-state index contributed by atoms with van der Waals surface area (Å²) in [5.74, 6) is 3.23. The maximum atomic E-state index is 12.4. The Hall–Kier alpha value is -1.53. The second-order valence-electron chi connectivity index (χ2n) is 6.77. The smallest absolute Gasteiger partial charge is 0.229 e. The van der Waals surface area contributed by atoms with Gasteiger partial charge in [0.25, 0.3) is 0 Å². The summed E-state index contributed by atoms with van der Waals surface area (Å²) >= 11 is 0. The lowest BCUT2D eigenvalue weighted by atomic mass is 9.97. The van der Waals surface area contributed by atoms with Gasteiger partial charge in [-0.05, 0) is 44.4 Å². The first-order valence-corrected chi connectivity index (χ1v) is 10.1. The van der Waals surface area contributed by atoms with Gasteiger partial charge in [0, 0.05) is 35.6 Å². The summed E-state index contributed by atoms with van der Waals surface area (Å²) in [7, 11) is -0.926. The molecule has 0 unspecified atom stereocenters. The topological polar surface area (TPSA) is 59.2 Å². The van der Waals surface area contributed by atoms with E-state index in [1.54, 1.807) is 0 Å². The Bertz CT molecular complexity index is 699. The van der Waals surface area contributed by atoms with Crippen LogP contribution in [0.25, 0.3) is 0 Å². The highest BCUT2D eigenvalue weighted by Gasteiger charge is 2.32. The Morgan fingerprint density at radius 3 is 2.79 bits per heavy atom.